The molecule has 1 aliphatic rings. The number of aliphatic hydroxyl groups is 1. The molecule has 9 heteroatoms. The standard InChI is InChI=1S/C21H25F2N3O3S.C2H6/c1-4-5-14(27)12-21(8-9-21)30(29)25-18-11-16(23)20(28)26(3)19(18)24-17-7-6-13(2)10-15(17)22;1-2/h4,6-7,10-11,14,24-25,27H,1,5,8-9,12H2,2-3H3;1-2H3. The minimum absolute atomic E-state index is 0.0670. The van der Waals surface area contributed by atoms with Crippen LogP contribution >= 0.6 is 0 Å². The van der Waals surface area contributed by atoms with Crippen LogP contribution in [0.3, 0.4) is 0 Å². The molecule has 0 radical (unpaired) electrons. The summed E-state index contributed by atoms with van der Waals surface area (Å²) in [4.78, 5) is 12.1. The van der Waals surface area contributed by atoms with E-state index in [1.807, 2.05) is 13.8 Å². The van der Waals surface area contributed by atoms with Gasteiger partial charge in [-0.15, -0.1) is 6.58 Å². The third kappa shape index (κ3) is 5.83. The Balaban J connectivity index is 0.00000176. The van der Waals surface area contributed by atoms with Crippen molar-refractivity contribution in [2.24, 2.45) is 7.05 Å². The van der Waals surface area contributed by atoms with Gasteiger partial charge in [0.1, 0.15) is 22.6 Å². The van der Waals surface area contributed by atoms with Crippen molar-refractivity contribution >= 4 is 28.2 Å². The van der Waals surface area contributed by atoms with Crippen LogP contribution in [0.2, 0.25) is 0 Å². The van der Waals surface area contributed by atoms with Crippen molar-refractivity contribution in [1.29, 1.82) is 0 Å². The maximum atomic E-state index is 14.3. The molecule has 2 aromatic rings. The highest BCUT2D eigenvalue weighted by molar-refractivity contribution is 7.88. The summed E-state index contributed by atoms with van der Waals surface area (Å²) in [6, 6.07) is 5.48. The second kappa shape index (κ2) is 10.9. The van der Waals surface area contributed by atoms with Crippen molar-refractivity contribution in [3.63, 3.8) is 0 Å². The quantitative estimate of drug-likeness (QED) is 0.468. The van der Waals surface area contributed by atoms with Gasteiger partial charge in [0.2, 0.25) is 0 Å². The van der Waals surface area contributed by atoms with Crippen LogP contribution in [0.5, 0.6) is 0 Å². The lowest BCUT2D eigenvalue weighted by Crippen LogP contribution is -2.30. The minimum atomic E-state index is -1.65. The predicted octanol–water partition coefficient (Wildman–Crippen LogP) is 4.68. The number of halogens is 2. The lowest BCUT2D eigenvalue weighted by molar-refractivity contribution is 0.164. The van der Waals surface area contributed by atoms with Gasteiger partial charge in [0.15, 0.2) is 5.82 Å². The van der Waals surface area contributed by atoms with Gasteiger partial charge in [-0.25, -0.2) is 13.0 Å². The fourth-order valence-electron chi connectivity index (χ4n) is 3.30. The Hall–Kier alpha value is -2.52. The molecule has 32 heavy (non-hydrogen) atoms. The van der Waals surface area contributed by atoms with Crippen molar-refractivity contribution in [3.05, 3.63) is 64.5 Å². The number of nitrogens with zero attached hydrogens (tertiary/aromatic N) is 1. The van der Waals surface area contributed by atoms with E-state index in [1.165, 1.54) is 19.2 Å². The third-order valence-electron chi connectivity index (χ3n) is 5.20. The van der Waals surface area contributed by atoms with E-state index < -0.39 is 39.0 Å². The lowest BCUT2D eigenvalue weighted by Gasteiger charge is -2.22. The van der Waals surface area contributed by atoms with Crippen molar-refractivity contribution in [1.82, 2.24) is 4.57 Å². The van der Waals surface area contributed by atoms with Gasteiger partial charge in [0, 0.05) is 13.1 Å². The number of nitrogens with one attached hydrogen (secondary N) is 2. The second-order valence-corrected chi connectivity index (χ2v) is 9.27. The first-order valence-electron chi connectivity index (χ1n) is 10.6. The first-order valence-corrected chi connectivity index (χ1v) is 11.7. The van der Waals surface area contributed by atoms with Crippen LogP contribution in [-0.2, 0) is 18.0 Å². The summed E-state index contributed by atoms with van der Waals surface area (Å²) in [5.74, 6) is -1.48. The Morgan fingerprint density at radius 2 is 1.91 bits per heavy atom. The average Bonchev–Trinajstić information content (AvgIpc) is 3.53. The smallest absolute Gasteiger partial charge is 0.287 e. The zero-order valence-corrected chi connectivity index (χ0v) is 19.7. The van der Waals surface area contributed by atoms with Gasteiger partial charge in [0.25, 0.3) is 5.56 Å². The van der Waals surface area contributed by atoms with Crippen molar-refractivity contribution in [2.45, 2.75) is 57.3 Å². The Morgan fingerprint density at radius 3 is 2.47 bits per heavy atom. The Labute approximate surface area is 190 Å². The number of hydrogen-bond donors (Lipinski definition) is 3. The number of aryl methyl sites for hydroxylation is 1. The van der Waals surface area contributed by atoms with E-state index in [2.05, 4.69) is 16.6 Å². The van der Waals surface area contributed by atoms with Crippen LogP contribution in [-0.4, -0.2) is 24.7 Å². The van der Waals surface area contributed by atoms with E-state index in [0.717, 1.165) is 16.2 Å². The summed E-state index contributed by atoms with van der Waals surface area (Å²) < 4.78 is 44.6. The molecule has 1 aromatic heterocycles. The number of hydrogen-bond acceptors (Lipinski definition) is 4. The molecule has 176 valence electrons. The highest BCUT2D eigenvalue weighted by Gasteiger charge is 2.50. The number of rotatable bonds is 9. The summed E-state index contributed by atoms with van der Waals surface area (Å²) >= 11 is 0. The molecule has 0 amide bonds. The van der Waals surface area contributed by atoms with E-state index in [1.54, 1.807) is 19.1 Å². The Morgan fingerprint density at radius 1 is 1.25 bits per heavy atom. The molecule has 1 aromatic carbocycles. The summed E-state index contributed by atoms with van der Waals surface area (Å²) in [7, 11) is -0.313. The van der Waals surface area contributed by atoms with E-state index >= 15 is 0 Å². The number of pyridine rings is 1. The Bertz CT molecular complexity index is 1050. The molecule has 1 saturated carbocycles. The van der Waals surface area contributed by atoms with Crippen LogP contribution in [0.1, 0.15) is 45.1 Å². The van der Waals surface area contributed by atoms with Crippen molar-refractivity contribution < 1.29 is 18.1 Å². The molecule has 1 fully saturated rings. The maximum absolute atomic E-state index is 14.3. The van der Waals surface area contributed by atoms with E-state index in [-0.39, 0.29) is 17.2 Å². The topological polar surface area (TPSA) is 83.4 Å². The van der Waals surface area contributed by atoms with E-state index in [0.29, 0.717) is 25.7 Å². The van der Waals surface area contributed by atoms with Crippen LogP contribution in [0.15, 0.2) is 41.7 Å². The van der Waals surface area contributed by atoms with E-state index in [4.69, 9.17) is 0 Å². The zero-order valence-electron chi connectivity index (χ0n) is 18.9. The van der Waals surface area contributed by atoms with Gasteiger partial charge in [-0.2, -0.15) is 0 Å². The molecular weight excluding hydrogens is 436 g/mol. The molecular formula is C23H31F2N3O3S. The normalized spacial score (nSPS) is 15.7. The van der Waals surface area contributed by atoms with Crippen LogP contribution in [0, 0.1) is 18.6 Å². The fourth-order valence-corrected chi connectivity index (χ4v) is 4.68. The molecule has 2 unspecified atom stereocenters. The summed E-state index contributed by atoms with van der Waals surface area (Å²) in [6.45, 7) is 9.33. The van der Waals surface area contributed by atoms with Gasteiger partial charge < -0.3 is 15.1 Å². The van der Waals surface area contributed by atoms with Crippen LogP contribution < -0.4 is 15.6 Å². The molecule has 1 heterocycles. The first kappa shape index (κ1) is 25.7. The summed E-state index contributed by atoms with van der Waals surface area (Å²) in [6.07, 6.45) is 2.90. The lowest BCUT2D eigenvalue weighted by atomic mass is 10.1. The second-order valence-electron chi connectivity index (χ2n) is 7.66. The number of benzene rings is 1. The molecule has 0 spiro atoms. The van der Waals surface area contributed by atoms with Crippen molar-refractivity contribution in [2.75, 3.05) is 10.0 Å². The molecule has 0 saturated heterocycles. The van der Waals surface area contributed by atoms with Crippen molar-refractivity contribution in [3.8, 4) is 0 Å². The molecule has 3 N–H and O–H groups in total. The maximum Gasteiger partial charge on any atom is 0.287 e. The number of anilines is 3. The molecule has 6 nitrogen and oxygen atoms in total. The van der Waals surface area contributed by atoms with Gasteiger partial charge in [-0.1, -0.05) is 26.0 Å². The monoisotopic (exact) mass is 467 g/mol. The average molecular weight is 468 g/mol. The van der Waals surface area contributed by atoms with Gasteiger partial charge in [-0.3, -0.25) is 9.36 Å². The van der Waals surface area contributed by atoms with Gasteiger partial charge >= 0.3 is 0 Å². The Kier molecular flexibility index (Phi) is 8.74. The zero-order chi connectivity index (χ0) is 24.1. The third-order valence-corrected chi connectivity index (χ3v) is 6.96. The van der Waals surface area contributed by atoms with E-state index in [9.17, 15) is 22.9 Å². The highest BCUT2D eigenvalue weighted by Crippen LogP contribution is 2.46. The number of aromatic nitrogens is 1. The largest absolute Gasteiger partial charge is 0.393 e. The molecule has 0 bridgehead atoms. The molecule has 1 aliphatic carbocycles. The highest BCUT2D eigenvalue weighted by atomic mass is 32.2. The molecule has 0 aliphatic heterocycles. The van der Waals surface area contributed by atoms with Gasteiger partial charge in [0.05, 0.1) is 22.2 Å². The predicted molar refractivity (Wildman–Crippen MR) is 127 cm³/mol. The first-order chi connectivity index (χ1) is 15.2. The van der Waals surface area contributed by atoms with Crippen LogP contribution in [0.25, 0.3) is 0 Å². The number of aliphatic hydroxyl groups excluding tert-OH is 1. The molecule has 2 atom stereocenters. The minimum Gasteiger partial charge on any atom is -0.393 e. The van der Waals surface area contributed by atoms with Crippen LogP contribution in [0.4, 0.5) is 26.0 Å². The molecule has 3 rings (SSSR count). The summed E-state index contributed by atoms with van der Waals surface area (Å²) in [5, 5.41) is 12.9. The van der Waals surface area contributed by atoms with Gasteiger partial charge in [-0.05, 0) is 50.3 Å². The summed E-state index contributed by atoms with van der Waals surface area (Å²) in [5.41, 5.74) is -0.0147. The fraction of sp³-hybridized carbons (Fsp3) is 0.435. The SMILES string of the molecule is C=CCC(O)CC1(S(=O)Nc2cc(F)c(=O)n(C)c2Nc2ccc(C)cc2F)CC1.CC.